The molecule has 0 aromatic heterocycles. The first kappa shape index (κ1) is 20.6. The number of amides is 2. The predicted molar refractivity (Wildman–Crippen MR) is 101 cm³/mol. The molecule has 2 saturated heterocycles. The fourth-order valence-corrected chi connectivity index (χ4v) is 4.21. The third-order valence-electron chi connectivity index (χ3n) is 5.70. The van der Waals surface area contributed by atoms with Crippen molar-refractivity contribution < 1.29 is 23.1 Å². The van der Waals surface area contributed by atoms with E-state index in [0.29, 0.717) is 26.0 Å². The molecule has 2 aliphatic heterocycles. The van der Waals surface area contributed by atoms with Gasteiger partial charge in [-0.1, -0.05) is 12.1 Å². The number of piperidine rings is 2. The molecule has 5 nitrogen and oxygen atoms in total. The molecule has 1 aromatic rings. The number of halogens is 2. The van der Waals surface area contributed by atoms with Gasteiger partial charge in [0, 0.05) is 38.9 Å². The van der Waals surface area contributed by atoms with Crippen LogP contribution in [0, 0.1) is 5.92 Å². The normalized spacial score (nSPS) is 24.9. The number of rotatable bonds is 5. The van der Waals surface area contributed by atoms with Crippen molar-refractivity contribution in [2.75, 3.05) is 26.2 Å². The summed E-state index contributed by atoms with van der Waals surface area (Å²) in [6.45, 7) is 5.00. The van der Waals surface area contributed by atoms with Gasteiger partial charge < -0.3 is 14.5 Å². The minimum atomic E-state index is -2.69. The van der Waals surface area contributed by atoms with Gasteiger partial charge in [0.05, 0.1) is 18.6 Å². The van der Waals surface area contributed by atoms with Crippen molar-refractivity contribution in [3.05, 3.63) is 29.8 Å². The maximum Gasteiger partial charge on any atom is 0.251 e. The molecule has 0 saturated carbocycles. The van der Waals surface area contributed by atoms with Crippen LogP contribution in [0.2, 0.25) is 0 Å². The number of hydrogen-bond donors (Lipinski definition) is 0. The van der Waals surface area contributed by atoms with Gasteiger partial charge in [0.2, 0.25) is 11.8 Å². The number of hydrogen-bond acceptors (Lipinski definition) is 3. The minimum Gasteiger partial charge on any atom is -0.494 e. The molecule has 0 radical (unpaired) electrons. The summed E-state index contributed by atoms with van der Waals surface area (Å²) in [5.74, 6) is -2.47. The molecule has 1 aromatic carbocycles. The van der Waals surface area contributed by atoms with Crippen molar-refractivity contribution in [2.24, 2.45) is 5.92 Å². The average molecular weight is 394 g/mol. The van der Waals surface area contributed by atoms with Crippen molar-refractivity contribution in [3.63, 3.8) is 0 Å². The van der Waals surface area contributed by atoms with E-state index < -0.39 is 11.8 Å². The van der Waals surface area contributed by atoms with Crippen LogP contribution in [0.1, 0.15) is 51.1 Å². The molecule has 154 valence electrons. The highest BCUT2D eigenvalue weighted by molar-refractivity contribution is 5.85. The summed E-state index contributed by atoms with van der Waals surface area (Å²) >= 11 is 0. The van der Waals surface area contributed by atoms with Crippen LogP contribution in [-0.2, 0) is 9.59 Å². The first-order valence-corrected chi connectivity index (χ1v) is 10.0. The fourth-order valence-electron chi connectivity index (χ4n) is 4.21. The Labute approximate surface area is 164 Å². The first-order valence-electron chi connectivity index (χ1n) is 10.0. The minimum absolute atomic E-state index is 0.0237. The molecule has 3 rings (SSSR count). The molecule has 0 bridgehead atoms. The van der Waals surface area contributed by atoms with Crippen molar-refractivity contribution in [3.8, 4) is 5.75 Å². The number of benzene rings is 1. The van der Waals surface area contributed by atoms with E-state index in [9.17, 15) is 18.4 Å². The highest BCUT2D eigenvalue weighted by Crippen LogP contribution is 2.39. The summed E-state index contributed by atoms with van der Waals surface area (Å²) in [5.41, 5.74) is 0.874. The molecule has 0 N–H and O–H groups in total. The second-order valence-corrected chi connectivity index (χ2v) is 7.45. The highest BCUT2D eigenvalue weighted by Gasteiger charge is 2.43. The van der Waals surface area contributed by atoms with Crippen molar-refractivity contribution >= 4 is 11.8 Å². The van der Waals surface area contributed by atoms with Crippen LogP contribution in [-0.4, -0.2) is 53.8 Å². The lowest BCUT2D eigenvalue weighted by Crippen LogP contribution is -2.51. The lowest BCUT2D eigenvalue weighted by atomic mass is 9.82. The highest BCUT2D eigenvalue weighted by atomic mass is 19.3. The molecule has 2 aliphatic rings. The SMILES string of the molecule is CCOc1ccc([C@H]2[C@H](C(=O)N3CCC(F)(F)CC3)CCC(=O)N2CC)cc1. The fraction of sp³-hybridized carbons (Fsp3) is 0.619. The van der Waals surface area contributed by atoms with Crippen molar-refractivity contribution in [1.82, 2.24) is 9.80 Å². The monoisotopic (exact) mass is 394 g/mol. The molecule has 2 fully saturated rings. The Morgan fingerprint density at radius 2 is 1.82 bits per heavy atom. The zero-order valence-electron chi connectivity index (χ0n) is 16.5. The molecule has 0 aliphatic carbocycles. The standard InChI is InChI=1S/C21H28F2N2O3/c1-3-25-18(26)10-9-17(20(27)24-13-11-21(22,23)12-14-24)19(25)15-5-7-16(8-6-15)28-4-2/h5-8,17,19H,3-4,9-14H2,1-2H3/t17-,19+/m1/s1. The zero-order chi connectivity index (χ0) is 20.3. The Morgan fingerprint density at radius 3 is 2.39 bits per heavy atom. The van der Waals surface area contributed by atoms with E-state index in [4.69, 9.17) is 4.74 Å². The molecule has 7 heteroatoms. The van der Waals surface area contributed by atoms with E-state index in [1.54, 1.807) is 9.80 Å². The average Bonchev–Trinajstić information content (AvgIpc) is 2.68. The summed E-state index contributed by atoms with van der Waals surface area (Å²) in [5, 5.41) is 0. The number of alkyl halides is 2. The van der Waals surface area contributed by atoms with Crippen LogP contribution in [0.15, 0.2) is 24.3 Å². The molecule has 28 heavy (non-hydrogen) atoms. The van der Waals surface area contributed by atoms with Gasteiger partial charge in [-0.05, 0) is 38.0 Å². The first-order chi connectivity index (χ1) is 13.4. The van der Waals surface area contributed by atoms with E-state index in [-0.39, 0.29) is 43.8 Å². The largest absolute Gasteiger partial charge is 0.494 e. The Bertz CT molecular complexity index is 698. The Morgan fingerprint density at radius 1 is 1.18 bits per heavy atom. The van der Waals surface area contributed by atoms with Gasteiger partial charge in [0.1, 0.15) is 5.75 Å². The summed E-state index contributed by atoms with van der Waals surface area (Å²) < 4.78 is 32.5. The molecular weight excluding hydrogens is 366 g/mol. The second-order valence-electron chi connectivity index (χ2n) is 7.45. The topological polar surface area (TPSA) is 49.9 Å². The number of ether oxygens (including phenoxy) is 1. The number of carbonyl (C=O) groups excluding carboxylic acids is 2. The maximum absolute atomic E-state index is 13.5. The lowest BCUT2D eigenvalue weighted by Gasteiger charge is -2.43. The summed E-state index contributed by atoms with van der Waals surface area (Å²) in [6, 6.07) is 7.09. The Kier molecular flexibility index (Phi) is 6.20. The molecular formula is C21H28F2N2O3. The van der Waals surface area contributed by atoms with Crippen molar-refractivity contribution in [1.29, 1.82) is 0 Å². The van der Waals surface area contributed by atoms with E-state index in [2.05, 4.69) is 0 Å². The molecule has 0 spiro atoms. The number of likely N-dealkylation sites (tertiary alicyclic amines) is 2. The number of nitrogens with zero attached hydrogens (tertiary/aromatic N) is 2. The molecule has 2 amide bonds. The summed E-state index contributed by atoms with van der Waals surface area (Å²) in [4.78, 5) is 29.0. The second kappa shape index (κ2) is 8.45. The zero-order valence-corrected chi connectivity index (χ0v) is 16.5. The number of carbonyl (C=O) groups is 2. The predicted octanol–water partition coefficient (Wildman–Crippen LogP) is 3.64. The van der Waals surface area contributed by atoms with E-state index in [1.807, 2.05) is 38.1 Å². The van der Waals surface area contributed by atoms with Gasteiger partial charge in [-0.3, -0.25) is 9.59 Å². The summed E-state index contributed by atoms with van der Waals surface area (Å²) in [7, 11) is 0. The summed E-state index contributed by atoms with van der Waals surface area (Å²) in [6.07, 6.45) is 0.159. The quantitative estimate of drug-likeness (QED) is 0.766. The molecule has 0 unspecified atom stereocenters. The third kappa shape index (κ3) is 4.28. The molecule has 2 atom stereocenters. The van der Waals surface area contributed by atoms with E-state index >= 15 is 0 Å². The van der Waals surface area contributed by atoms with Gasteiger partial charge in [0.15, 0.2) is 0 Å². The molecule has 2 heterocycles. The van der Waals surface area contributed by atoms with Crippen molar-refractivity contribution in [2.45, 2.75) is 51.5 Å². The van der Waals surface area contributed by atoms with Crippen LogP contribution < -0.4 is 4.74 Å². The Balaban J connectivity index is 1.85. The van der Waals surface area contributed by atoms with Crippen LogP contribution in [0.3, 0.4) is 0 Å². The third-order valence-corrected chi connectivity index (χ3v) is 5.70. The van der Waals surface area contributed by atoms with Gasteiger partial charge in [-0.2, -0.15) is 0 Å². The lowest BCUT2D eigenvalue weighted by molar-refractivity contribution is -0.151. The van der Waals surface area contributed by atoms with E-state index in [1.165, 1.54) is 0 Å². The van der Waals surface area contributed by atoms with Gasteiger partial charge in [-0.15, -0.1) is 0 Å². The van der Waals surface area contributed by atoms with Crippen LogP contribution >= 0.6 is 0 Å². The van der Waals surface area contributed by atoms with Gasteiger partial charge in [0.25, 0.3) is 5.92 Å². The Hall–Kier alpha value is -2.18. The van der Waals surface area contributed by atoms with Gasteiger partial charge in [-0.25, -0.2) is 8.78 Å². The van der Waals surface area contributed by atoms with Crippen LogP contribution in [0.5, 0.6) is 5.75 Å². The maximum atomic E-state index is 13.5. The van der Waals surface area contributed by atoms with Crippen LogP contribution in [0.25, 0.3) is 0 Å². The van der Waals surface area contributed by atoms with Crippen LogP contribution in [0.4, 0.5) is 8.78 Å². The van der Waals surface area contributed by atoms with E-state index in [0.717, 1.165) is 11.3 Å². The van der Waals surface area contributed by atoms with Gasteiger partial charge >= 0.3 is 0 Å². The smallest absolute Gasteiger partial charge is 0.251 e.